The summed E-state index contributed by atoms with van der Waals surface area (Å²) in [5.41, 5.74) is -0.624. The number of esters is 3. The minimum absolute atomic E-state index is 0.0141. The summed E-state index contributed by atoms with van der Waals surface area (Å²) in [6.45, 7) is 4.73. The Balaban J connectivity index is 2.25. The van der Waals surface area contributed by atoms with E-state index in [4.69, 9.17) is 18.6 Å². The molecule has 9 heteroatoms. The zero-order valence-corrected chi connectivity index (χ0v) is 17.4. The number of hydrogen-bond acceptors (Lipinski definition) is 9. The summed E-state index contributed by atoms with van der Waals surface area (Å²) in [5.74, 6) is -2.48. The summed E-state index contributed by atoms with van der Waals surface area (Å²) < 4.78 is 20.0. The molecule has 2 aromatic rings. The van der Waals surface area contributed by atoms with Crippen LogP contribution in [0.2, 0.25) is 0 Å². The number of carbonyl (C=O) groups is 3. The predicted octanol–water partition coefficient (Wildman–Crippen LogP) is 2.73. The van der Waals surface area contributed by atoms with Crippen LogP contribution in [-0.4, -0.2) is 31.1 Å². The molecule has 0 radical (unpaired) electrons. The first kappa shape index (κ1) is 23.4. The van der Waals surface area contributed by atoms with E-state index in [-0.39, 0.29) is 36.8 Å². The Morgan fingerprint density at radius 1 is 1.00 bits per heavy atom. The fourth-order valence-corrected chi connectivity index (χ4v) is 2.43. The van der Waals surface area contributed by atoms with Crippen LogP contribution in [0.3, 0.4) is 0 Å². The summed E-state index contributed by atoms with van der Waals surface area (Å²) >= 11 is 0. The van der Waals surface area contributed by atoms with Crippen molar-refractivity contribution in [3.8, 4) is 0 Å². The quantitative estimate of drug-likeness (QED) is 0.211. The zero-order valence-electron chi connectivity index (χ0n) is 17.4. The van der Waals surface area contributed by atoms with Gasteiger partial charge < -0.3 is 23.9 Å². The van der Waals surface area contributed by atoms with Gasteiger partial charge in [0.1, 0.15) is 23.6 Å². The molecule has 0 saturated heterocycles. The second-order valence-electron chi connectivity index (χ2n) is 6.12. The summed E-state index contributed by atoms with van der Waals surface area (Å²) in [4.78, 5) is 48.6. The highest BCUT2D eigenvalue weighted by atomic mass is 16.6. The fourth-order valence-electron chi connectivity index (χ4n) is 2.43. The molecule has 31 heavy (non-hydrogen) atoms. The van der Waals surface area contributed by atoms with E-state index in [1.165, 1.54) is 13.0 Å². The van der Waals surface area contributed by atoms with Crippen LogP contribution in [0.15, 0.2) is 57.4 Å². The van der Waals surface area contributed by atoms with E-state index in [1.54, 1.807) is 26.0 Å². The number of nitrogens with one attached hydrogen (secondary N) is 1. The third-order valence-electron chi connectivity index (χ3n) is 3.93. The van der Waals surface area contributed by atoms with E-state index in [0.29, 0.717) is 0 Å². The molecule has 0 saturated carbocycles. The molecule has 2 rings (SSSR count). The van der Waals surface area contributed by atoms with Gasteiger partial charge >= 0.3 is 23.5 Å². The number of hydrogen-bond donors (Lipinski definition) is 1. The van der Waals surface area contributed by atoms with Crippen LogP contribution in [-0.2, 0) is 30.4 Å². The maximum Gasteiger partial charge on any atom is 0.359 e. The molecule has 0 fully saturated rings. The van der Waals surface area contributed by atoms with Gasteiger partial charge in [-0.3, -0.25) is 0 Å². The first-order chi connectivity index (χ1) is 14.9. The first-order valence-corrected chi connectivity index (χ1v) is 9.54. The lowest BCUT2D eigenvalue weighted by Crippen LogP contribution is -2.20. The average molecular weight is 429 g/mol. The lowest BCUT2D eigenvalue weighted by Gasteiger charge is -2.09. The fraction of sp³-hybridized carbons (Fsp3) is 0.273. The highest BCUT2D eigenvalue weighted by Crippen LogP contribution is 2.14. The summed E-state index contributed by atoms with van der Waals surface area (Å²) in [5, 5.41) is 2.51. The van der Waals surface area contributed by atoms with Gasteiger partial charge in [-0.25, -0.2) is 19.2 Å². The molecule has 9 nitrogen and oxygen atoms in total. The summed E-state index contributed by atoms with van der Waals surface area (Å²) in [6.07, 6.45) is 0.969. The SMILES string of the molecule is CCOC(=O)C(=CNc1cc(C(=O)OCc2ccccc2)c(C)oc1=O)C(=O)OCC. The zero-order chi connectivity index (χ0) is 22.8. The monoisotopic (exact) mass is 429 g/mol. The molecule has 0 amide bonds. The molecule has 0 bridgehead atoms. The van der Waals surface area contributed by atoms with Crippen molar-refractivity contribution >= 4 is 23.6 Å². The molecule has 0 aliphatic heterocycles. The first-order valence-electron chi connectivity index (χ1n) is 9.54. The molecular weight excluding hydrogens is 406 g/mol. The van der Waals surface area contributed by atoms with Crippen molar-refractivity contribution in [3.63, 3.8) is 0 Å². The van der Waals surface area contributed by atoms with Crippen LogP contribution in [0.4, 0.5) is 5.69 Å². The van der Waals surface area contributed by atoms with E-state index >= 15 is 0 Å². The van der Waals surface area contributed by atoms with Crippen molar-refractivity contribution in [2.75, 3.05) is 18.5 Å². The molecule has 0 aliphatic carbocycles. The van der Waals surface area contributed by atoms with E-state index in [1.807, 2.05) is 18.2 Å². The Morgan fingerprint density at radius 3 is 2.19 bits per heavy atom. The largest absolute Gasteiger partial charge is 0.462 e. The number of carbonyl (C=O) groups excluding carboxylic acids is 3. The van der Waals surface area contributed by atoms with Crippen LogP contribution in [0.1, 0.15) is 35.5 Å². The van der Waals surface area contributed by atoms with Gasteiger partial charge in [0.15, 0.2) is 5.57 Å². The smallest absolute Gasteiger partial charge is 0.359 e. The Kier molecular flexibility index (Phi) is 8.56. The number of anilines is 1. The number of benzene rings is 1. The van der Waals surface area contributed by atoms with Gasteiger partial charge in [-0.2, -0.15) is 0 Å². The number of rotatable bonds is 9. The Morgan fingerprint density at radius 2 is 1.61 bits per heavy atom. The van der Waals surface area contributed by atoms with Gasteiger partial charge in [-0.15, -0.1) is 0 Å². The highest BCUT2D eigenvalue weighted by molar-refractivity contribution is 6.14. The van der Waals surface area contributed by atoms with Crippen molar-refractivity contribution in [2.45, 2.75) is 27.4 Å². The highest BCUT2D eigenvalue weighted by Gasteiger charge is 2.22. The van der Waals surface area contributed by atoms with Crippen molar-refractivity contribution < 1.29 is 33.0 Å². The Labute approximate surface area is 178 Å². The van der Waals surface area contributed by atoms with Crippen molar-refractivity contribution in [2.24, 2.45) is 0 Å². The Hall–Kier alpha value is -3.88. The normalized spacial score (nSPS) is 10.0. The second-order valence-corrected chi connectivity index (χ2v) is 6.12. The average Bonchev–Trinajstić information content (AvgIpc) is 2.74. The van der Waals surface area contributed by atoms with Gasteiger partial charge in [0.05, 0.1) is 13.2 Å². The maximum absolute atomic E-state index is 12.5. The van der Waals surface area contributed by atoms with Crippen LogP contribution in [0, 0.1) is 6.92 Å². The standard InChI is InChI=1S/C22H23NO8/c1-4-28-20(25)17(21(26)29-5-2)12-23-18-11-16(14(3)31-22(18)27)19(24)30-13-15-9-7-6-8-10-15/h6-12,23H,4-5,13H2,1-3H3. The van der Waals surface area contributed by atoms with Crippen LogP contribution >= 0.6 is 0 Å². The predicted molar refractivity (Wildman–Crippen MR) is 110 cm³/mol. The van der Waals surface area contributed by atoms with E-state index < -0.39 is 29.1 Å². The van der Waals surface area contributed by atoms with Gasteiger partial charge in [-0.05, 0) is 32.4 Å². The lowest BCUT2D eigenvalue weighted by molar-refractivity contribution is -0.146. The molecule has 1 heterocycles. The summed E-state index contributed by atoms with van der Waals surface area (Å²) in [6, 6.07) is 10.3. The van der Waals surface area contributed by atoms with Crippen LogP contribution < -0.4 is 10.9 Å². The summed E-state index contributed by atoms with van der Waals surface area (Å²) in [7, 11) is 0. The minimum atomic E-state index is -0.924. The van der Waals surface area contributed by atoms with Gasteiger partial charge in [0, 0.05) is 6.20 Å². The Bertz CT molecular complexity index is 1000. The minimum Gasteiger partial charge on any atom is -0.462 e. The van der Waals surface area contributed by atoms with Crippen LogP contribution in [0.25, 0.3) is 0 Å². The third kappa shape index (κ3) is 6.56. The van der Waals surface area contributed by atoms with Gasteiger partial charge in [0.2, 0.25) is 0 Å². The van der Waals surface area contributed by atoms with Gasteiger partial charge in [0.25, 0.3) is 0 Å². The number of aryl methyl sites for hydroxylation is 1. The number of ether oxygens (including phenoxy) is 3. The molecule has 0 atom stereocenters. The van der Waals surface area contributed by atoms with Crippen molar-refractivity contribution in [1.29, 1.82) is 0 Å². The van der Waals surface area contributed by atoms with E-state index in [9.17, 15) is 19.2 Å². The maximum atomic E-state index is 12.5. The molecular formula is C22H23NO8. The van der Waals surface area contributed by atoms with Gasteiger partial charge in [-0.1, -0.05) is 30.3 Å². The van der Waals surface area contributed by atoms with E-state index in [2.05, 4.69) is 5.32 Å². The second kappa shape index (κ2) is 11.3. The molecule has 0 unspecified atom stereocenters. The van der Waals surface area contributed by atoms with Crippen molar-refractivity contribution in [1.82, 2.24) is 0 Å². The van der Waals surface area contributed by atoms with Crippen LogP contribution in [0.5, 0.6) is 0 Å². The molecule has 1 aromatic carbocycles. The third-order valence-corrected chi connectivity index (χ3v) is 3.93. The van der Waals surface area contributed by atoms with E-state index in [0.717, 1.165) is 11.8 Å². The molecule has 1 aromatic heterocycles. The molecule has 0 aliphatic rings. The molecule has 1 N–H and O–H groups in total. The molecule has 164 valence electrons. The topological polar surface area (TPSA) is 121 Å². The lowest BCUT2D eigenvalue weighted by atomic mass is 10.2. The van der Waals surface area contributed by atoms with Crippen molar-refractivity contribution in [3.05, 3.63) is 75.5 Å². The molecule has 0 spiro atoms.